The lowest BCUT2D eigenvalue weighted by Crippen LogP contribution is -2.28. The lowest BCUT2D eigenvalue weighted by molar-refractivity contribution is -0.116. The van der Waals surface area contributed by atoms with Crippen LogP contribution in [-0.2, 0) is 16.6 Å². The Hall–Kier alpha value is -2.26. The van der Waals surface area contributed by atoms with Gasteiger partial charge in [-0.15, -0.1) is 0 Å². The van der Waals surface area contributed by atoms with E-state index in [1.807, 2.05) is 0 Å². The summed E-state index contributed by atoms with van der Waals surface area (Å²) < 4.78 is 7.13. The van der Waals surface area contributed by atoms with Gasteiger partial charge in [0, 0.05) is 25.5 Å². The van der Waals surface area contributed by atoms with Crippen molar-refractivity contribution < 1.29 is 9.53 Å². The third-order valence-electron chi connectivity index (χ3n) is 4.07. The van der Waals surface area contributed by atoms with E-state index in [1.54, 1.807) is 18.7 Å². The van der Waals surface area contributed by atoms with Crippen LogP contribution in [-0.4, -0.2) is 15.6 Å². The number of ether oxygens (including phenoxy) is 1. The zero-order valence-corrected chi connectivity index (χ0v) is 13.1. The molecule has 3 rings (SSSR count). The molecule has 114 valence electrons. The Kier molecular flexibility index (Phi) is 3.45. The number of Topliss-reactive ketones (excluding diaryl/α,β-unsaturated/α-hetero) is 1. The Morgan fingerprint density at radius 2 is 2.23 bits per heavy atom. The van der Waals surface area contributed by atoms with E-state index >= 15 is 0 Å². The van der Waals surface area contributed by atoms with Crippen molar-refractivity contribution in [3.8, 4) is 6.07 Å². The molecule has 1 aromatic rings. The van der Waals surface area contributed by atoms with Crippen molar-refractivity contribution >= 4 is 17.4 Å². The third kappa shape index (κ3) is 2.01. The number of nitriles is 1. The number of ketones is 1. The van der Waals surface area contributed by atoms with Gasteiger partial charge < -0.3 is 10.5 Å². The highest BCUT2D eigenvalue weighted by molar-refractivity contribution is 6.32. The van der Waals surface area contributed by atoms with Gasteiger partial charge in [0.05, 0.1) is 22.3 Å². The number of allylic oxidation sites excluding steroid dienone is 3. The van der Waals surface area contributed by atoms with Crippen molar-refractivity contribution in [1.29, 1.82) is 5.26 Å². The molecule has 2 aliphatic rings. The first-order chi connectivity index (χ1) is 10.5. The van der Waals surface area contributed by atoms with Crippen molar-refractivity contribution in [3.05, 3.63) is 39.2 Å². The van der Waals surface area contributed by atoms with E-state index in [4.69, 9.17) is 22.1 Å². The van der Waals surface area contributed by atoms with E-state index in [0.717, 1.165) is 6.42 Å². The molecular weight excluding hydrogens is 304 g/mol. The number of nitrogens with zero attached hydrogens (tertiary/aromatic N) is 3. The number of rotatable bonds is 1. The number of aromatic nitrogens is 2. The van der Waals surface area contributed by atoms with Gasteiger partial charge in [-0.1, -0.05) is 11.6 Å². The molecular formula is C15H15ClN4O2. The van der Waals surface area contributed by atoms with Gasteiger partial charge in [0.1, 0.15) is 17.4 Å². The van der Waals surface area contributed by atoms with Crippen LogP contribution in [0.5, 0.6) is 0 Å². The van der Waals surface area contributed by atoms with Gasteiger partial charge in [0.2, 0.25) is 5.88 Å². The van der Waals surface area contributed by atoms with Crippen LogP contribution in [0.15, 0.2) is 22.8 Å². The molecule has 0 aromatic carbocycles. The van der Waals surface area contributed by atoms with Gasteiger partial charge in [-0.05, 0) is 13.3 Å². The van der Waals surface area contributed by atoms with Crippen molar-refractivity contribution in [2.24, 2.45) is 12.8 Å². The van der Waals surface area contributed by atoms with Crippen molar-refractivity contribution in [2.75, 3.05) is 0 Å². The maximum atomic E-state index is 12.4. The summed E-state index contributed by atoms with van der Waals surface area (Å²) in [7, 11) is 1.74. The summed E-state index contributed by atoms with van der Waals surface area (Å²) in [6, 6.07) is 2.06. The summed E-state index contributed by atoms with van der Waals surface area (Å²) in [5.41, 5.74) is 7.84. The largest absolute Gasteiger partial charge is 0.444 e. The first-order valence-electron chi connectivity index (χ1n) is 6.98. The Morgan fingerprint density at radius 1 is 1.50 bits per heavy atom. The summed E-state index contributed by atoms with van der Waals surface area (Å²) >= 11 is 6.37. The second-order valence-electron chi connectivity index (χ2n) is 5.45. The molecule has 0 saturated carbocycles. The van der Waals surface area contributed by atoms with Gasteiger partial charge in [0.15, 0.2) is 5.78 Å². The topological polar surface area (TPSA) is 93.9 Å². The predicted octanol–water partition coefficient (Wildman–Crippen LogP) is 2.20. The highest BCUT2D eigenvalue weighted by Gasteiger charge is 2.40. The average Bonchev–Trinajstić information content (AvgIpc) is 2.71. The van der Waals surface area contributed by atoms with Crippen molar-refractivity contribution in [3.63, 3.8) is 0 Å². The van der Waals surface area contributed by atoms with Crippen LogP contribution in [0.2, 0.25) is 5.02 Å². The van der Waals surface area contributed by atoms with Crippen LogP contribution in [0.3, 0.4) is 0 Å². The maximum absolute atomic E-state index is 12.4. The Balaban J connectivity index is 2.27. The second-order valence-corrected chi connectivity index (χ2v) is 5.82. The Bertz CT molecular complexity index is 782. The fraction of sp³-hybridized carbons (Fsp3) is 0.400. The number of carbonyl (C=O) groups excluding carboxylic acids is 1. The SMILES string of the molecule is Cc1nn(C)c([C@@H]2C(C#N)=C(N)OC3=C2C(=O)CCC3)c1Cl. The first-order valence-corrected chi connectivity index (χ1v) is 7.36. The molecule has 0 bridgehead atoms. The highest BCUT2D eigenvalue weighted by atomic mass is 35.5. The van der Waals surface area contributed by atoms with Gasteiger partial charge in [-0.25, -0.2) is 0 Å². The van der Waals surface area contributed by atoms with Crippen LogP contribution >= 0.6 is 11.6 Å². The minimum atomic E-state index is -0.611. The molecule has 2 N–H and O–H groups in total. The molecule has 0 saturated heterocycles. The zero-order chi connectivity index (χ0) is 16.0. The van der Waals surface area contributed by atoms with Gasteiger partial charge in [-0.3, -0.25) is 9.48 Å². The zero-order valence-electron chi connectivity index (χ0n) is 12.3. The van der Waals surface area contributed by atoms with E-state index in [9.17, 15) is 10.1 Å². The summed E-state index contributed by atoms with van der Waals surface area (Å²) in [5, 5.41) is 14.2. The molecule has 0 amide bonds. The molecule has 0 unspecified atom stereocenters. The van der Waals surface area contributed by atoms with Crippen molar-refractivity contribution in [1.82, 2.24) is 9.78 Å². The molecule has 1 atom stereocenters. The number of hydrogen-bond acceptors (Lipinski definition) is 5. The molecule has 0 spiro atoms. The lowest BCUT2D eigenvalue weighted by Gasteiger charge is -2.30. The molecule has 2 heterocycles. The van der Waals surface area contributed by atoms with Gasteiger partial charge >= 0.3 is 0 Å². The normalized spacial score (nSPS) is 21.5. The number of carbonyl (C=O) groups is 1. The van der Waals surface area contributed by atoms with Gasteiger partial charge in [0.25, 0.3) is 0 Å². The van der Waals surface area contributed by atoms with E-state index in [-0.39, 0.29) is 17.2 Å². The van der Waals surface area contributed by atoms with E-state index in [0.29, 0.717) is 40.6 Å². The number of halogens is 1. The molecule has 1 aromatic heterocycles. The fourth-order valence-corrected chi connectivity index (χ4v) is 3.36. The van der Waals surface area contributed by atoms with Crippen LogP contribution < -0.4 is 5.73 Å². The minimum Gasteiger partial charge on any atom is -0.444 e. The average molecular weight is 319 g/mol. The summed E-state index contributed by atoms with van der Waals surface area (Å²) in [6.07, 6.45) is 1.79. The quantitative estimate of drug-likeness (QED) is 0.856. The number of hydrogen-bond donors (Lipinski definition) is 1. The van der Waals surface area contributed by atoms with Crippen molar-refractivity contribution in [2.45, 2.75) is 32.1 Å². The minimum absolute atomic E-state index is 0.0265. The molecule has 1 aliphatic heterocycles. The standard InChI is InChI=1S/C15H15ClN4O2/c1-7-13(16)14(20(2)19-7)11-8(6-17)15(18)22-10-5-3-4-9(21)12(10)11/h11H,3-5,18H2,1-2H3/t11-/m1/s1. The Labute approximate surface area is 132 Å². The lowest BCUT2D eigenvalue weighted by atomic mass is 9.79. The van der Waals surface area contributed by atoms with Crippen LogP contribution in [0.25, 0.3) is 0 Å². The highest BCUT2D eigenvalue weighted by Crippen LogP contribution is 2.45. The van der Waals surface area contributed by atoms with Crippen LogP contribution in [0.4, 0.5) is 0 Å². The second kappa shape index (κ2) is 5.18. The number of nitrogens with two attached hydrogens (primary N) is 1. The molecule has 22 heavy (non-hydrogen) atoms. The molecule has 1 aliphatic carbocycles. The van der Waals surface area contributed by atoms with E-state index in [1.165, 1.54) is 0 Å². The maximum Gasteiger partial charge on any atom is 0.205 e. The molecule has 0 radical (unpaired) electrons. The summed E-state index contributed by atoms with van der Waals surface area (Å²) in [4.78, 5) is 12.4. The summed E-state index contributed by atoms with van der Waals surface area (Å²) in [6.45, 7) is 1.78. The molecule has 6 nitrogen and oxygen atoms in total. The van der Waals surface area contributed by atoms with E-state index in [2.05, 4.69) is 11.2 Å². The molecule has 0 fully saturated rings. The summed E-state index contributed by atoms with van der Waals surface area (Å²) in [5.74, 6) is -0.0507. The molecule has 7 heteroatoms. The third-order valence-corrected chi connectivity index (χ3v) is 4.54. The van der Waals surface area contributed by atoms with Crippen LogP contribution in [0.1, 0.15) is 36.6 Å². The monoisotopic (exact) mass is 318 g/mol. The number of aryl methyl sites for hydroxylation is 2. The predicted molar refractivity (Wildman–Crippen MR) is 79.5 cm³/mol. The van der Waals surface area contributed by atoms with Gasteiger partial charge in [-0.2, -0.15) is 10.4 Å². The smallest absolute Gasteiger partial charge is 0.205 e. The fourth-order valence-electron chi connectivity index (χ4n) is 3.09. The van der Waals surface area contributed by atoms with Crippen LogP contribution in [0, 0.1) is 18.3 Å². The van der Waals surface area contributed by atoms with E-state index < -0.39 is 5.92 Å². The first kappa shape index (κ1) is 14.7. The Morgan fingerprint density at radius 3 is 2.82 bits per heavy atom.